The van der Waals surface area contributed by atoms with Gasteiger partial charge in [-0.2, -0.15) is 0 Å². The van der Waals surface area contributed by atoms with Gasteiger partial charge in [-0.05, 0) is 0 Å². The Hall–Kier alpha value is -1.10. The highest BCUT2D eigenvalue weighted by atomic mass is 32.1. The number of nitro groups is 1. The van der Waals surface area contributed by atoms with Crippen LogP contribution in [-0.4, -0.2) is 4.92 Å². The normalized spacial score (nSPS) is 12.5. The van der Waals surface area contributed by atoms with E-state index in [1.54, 1.807) is 0 Å². The molecule has 1 atom stereocenters. The lowest BCUT2D eigenvalue weighted by molar-refractivity contribution is -0.384. The Balaban J connectivity index is 3.04. The molecule has 3 nitrogen and oxygen atoms in total. The summed E-state index contributed by atoms with van der Waals surface area (Å²) in [5.74, 6) is 0. The van der Waals surface area contributed by atoms with Crippen molar-refractivity contribution in [3.05, 3.63) is 39.9 Å². The maximum absolute atomic E-state index is 12.5. The van der Waals surface area contributed by atoms with Crippen LogP contribution in [0.2, 0.25) is 0 Å². The summed E-state index contributed by atoms with van der Waals surface area (Å²) >= 11 is 3.51. The predicted octanol–water partition coefficient (Wildman–Crippen LogP) is 2.49. The summed E-state index contributed by atoms with van der Waals surface area (Å²) in [6.07, 6.45) is 0. The molecular formula is C7H6FNO2S. The molecule has 0 heterocycles. The van der Waals surface area contributed by atoms with Gasteiger partial charge in [-0.1, -0.05) is 12.1 Å². The van der Waals surface area contributed by atoms with Gasteiger partial charge in [0.2, 0.25) is 0 Å². The predicted molar refractivity (Wildman–Crippen MR) is 45.9 cm³/mol. The van der Waals surface area contributed by atoms with Crippen molar-refractivity contribution in [2.24, 2.45) is 0 Å². The van der Waals surface area contributed by atoms with Crippen molar-refractivity contribution in [3.8, 4) is 0 Å². The van der Waals surface area contributed by atoms with Crippen molar-refractivity contribution in [1.29, 1.82) is 0 Å². The molecule has 0 fully saturated rings. The van der Waals surface area contributed by atoms with Crippen LogP contribution in [0.1, 0.15) is 11.1 Å². The minimum Gasteiger partial charge on any atom is -0.258 e. The van der Waals surface area contributed by atoms with Crippen LogP contribution >= 0.6 is 12.6 Å². The molecule has 1 rings (SSSR count). The lowest BCUT2D eigenvalue weighted by atomic mass is 10.2. The summed E-state index contributed by atoms with van der Waals surface area (Å²) in [4.78, 5) is 9.66. The minimum atomic E-state index is -1.47. The summed E-state index contributed by atoms with van der Waals surface area (Å²) in [6, 6.07) is 5.35. The maximum Gasteiger partial charge on any atom is 0.269 e. The molecule has 0 aromatic heterocycles. The lowest BCUT2D eigenvalue weighted by Crippen LogP contribution is -1.89. The van der Waals surface area contributed by atoms with Gasteiger partial charge in [0, 0.05) is 17.7 Å². The molecule has 1 aromatic rings. The molecule has 1 unspecified atom stereocenters. The molecular weight excluding hydrogens is 181 g/mol. The molecule has 0 aliphatic heterocycles. The van der Waals surface area contributed by atoms with Crippen LogP contribution in [0.25, 0.3) is 0 Å². The van der Waals surface area contributed by atoms with Gasteiger partial charge in [0.05, 0.1) is 4.92 Å². The highest BCUT2D eigenvalue weighted by Gasteiger charge is 2.09. The number of alkyl halides is 1. The second-order valence-corrected chi connectivity index (χ2v) is 2.64. The van der Waals surface area contributed by atoms with E-state index in [1.165, 1.54) is 18.2 Å². The van der Waals surface area contributed by atoms with Gasteiger partial charge in [0.25, 0.3) is 5.69 Å². The largest absolute Gasteiger partial charge is 0.269 e. The number of non-ortho nitro benzene ring substituents is 1. The van der Waals surface area contributed by atoms with Crippen LogP contribution in [0, 0.1) is 10.1 Å². The number of nitro benzene ring substituents is 1. The first-order valence-corrected chi connectivity index (χ1v) is 3.69. The zero-order valence-electron chi connectivity index (χ0n) is 5.98. The maximum atomic E-state index is 12.5. The Kier molecular flexibility index (Phi) is 2.65. The molecule has 0 saturated carbocycles. The quantitative estimate of drug-likeness (QED) is 0.439. The molecule has 0 radical (unpaired) electrons. The molecule has 12 heavy (non-hydrogen) atoms. The second-order valence-electron chi connectivity index (χ2n) is 2.19. The molecule has 0 saturated heterocycles. The molecule has 0 aliphatic rings. The fraction of sp³-hybridized carbons (Fsp3) is 0.143. The second kappa shape index (κ2) is 3.53. The van der Waals surface area contributed by atoms with E-state index >= 15 is 0 Å². The molecule has 0 amide bonds. The van der Waals surface area contributed by atoms with Crippen molar-refractivity contribution < 1.29 is 9.31 Å². The smallest absolute Gasteiger partial charge is 0.258 e. The summed E-state index contributed by atoms with van der Waals surface area (Å²) in [5, 5.41) is 10.2. The summed E-state index contributed by atoms with van der Waals surface area (Å²) in [6.45, 7) is 0. The van der Waals surface area contributed by atoms with Gasteiger partial charge < -0.3 is 0 Å². The van der Waals surface area contributed by atoms with Gasteiger partial charge in [-0.15, -0.1) is 12.6 Å². The summed E-state index contributed by atoms with van der Waals surface area (Å²) < 4.78 is 12.5. The van der Waals surface area contributed by atoms with E-state index in [0.717, 1.165) is 6.07 Å². The summed E-state index contributed by atoms with van der Waals surface area (Å²) in [7, 11) is 0. The van der Waals surface area contributed by atoms with E-state index < -0.39 is 10.4 Å². The molecule has 0 N–H and O–H groups in total. The van der Waals surface area contributed by atoms with E-state index in [4.69, 9.17) is 0 Å². The number of hydrogen-bond donors (Lipinski definition) is 1. The number of benzene rings is 1. The third-order valence-corrected chi connectivity index (χ3v) is 1.65. The number of nitrogens with zero attached hydrogens (tertiary/aromatic N) is 1. The molecule has 5 heteroatoms. The standard InChI is InChI=1S/C7H6FNO2S/c8-7(12)5-2-1-3-6(4-5)9(10)11/h1-4,7,12H. The third kappa shape index (κ3) is 1.94. The Labute approximate surface area is 73.8 Å². The number of rotatable bonds is 2. The van der Waals surface area contributed by atoms with Crippen LogP contribution in [0.3, 0.4) is 0 Å². The molecule has 0 aliphatic carbocycles. The van der Waals surface area contributed by atoms with Crippen molar-refractivity contribution in [2.45, 2.75) is 5.50 Å². The average molecular weight is 187 g/mol. The van der Waals surface area contributed by atoms with Crippen LogP contribution in [0.4, 0.5) is 10.1 Å². The van der Waals surface area contributed by atoms with Crippen molar-refractivity contribution in [2.75, 3.05) is 0 Å². The molecule has 0 bridgehead atoms. The van der Waals surface area contributed by atoms with Crippen LogP contribution in [0.5, 0.6) is 0 Å². The van der Waals surface area contributed by atoms with Crippen molar-refractivity contribution >= 4 is 18.3 Å². The first-order valence-electron chi connectivity index (χ1n) is 3.18. The van der Waals surface area contributed by atoms with E-state index in [2.05, 4.69) is 12.6 Å². The highest BCUT2D eigenvalue weighted by Crippen LogP contribution is 2.24. The third-order valence-electron chi connectivity index (χ3n) is 1.36. The number of thiol groups is 1. The average Bonchev–Trinajstić information content (AvgIpc) is 2.04. The fourth-order valence-electron chi connectivity index (χ4n) is 0.787. The first-order chi connectivity index (χ1) is 5.61. The monoisotopic (exact) mass is 187 g/mol. The zero-order chi connectivity index (χ0) is 9.14. The highest BCUT2D eigenvalue weighted by molar-refractivity contribution is 7.80. The molecule has 1 aromatic carbocycles. The molecule has 64 valence electrons. The number of hydrogen-bond acceptors (Lipinski definition) is 3. The fourth-order valence-corrected chi connectivity index (χ4v) is 0.947. The topological polar surface area (TPSA) is 43.1 Å². The Morgan fingerprint density at radius 3 is 2.75 bits per heavy atom. The SMILES string of the molecule is O=[N+]([O-])c1cccc(C(F)S)c1. The van der Waals surface area contributed by atoms with E-state index in [9.17, 15) is 14.5 Å². The Morgan fingerprint density at radius 2 is 2.25 bits per heavy atom. The van der Waals surface area contributed by atoms with E-state index in [0.29, 0.717) is 0 Å². The van der Waals surface area contributed by atoms with E-state index in [1.807, 2.05) is 0 Å². The van der Waals surface area contributed by atoms with E-state index in [-0.39, 0.29) is 11.3 Å². The summed E-state index contributed by atoms with van der Waals surface area (Å²) in [5.41, 5.74) is -1.39. The van der Waals surface area contributed by atoms with Crippen LogP contribution < -0.4 is 0 Å². The Morgan fingerprint density at radius 1 is 1.58 bits per heavy atom. The van der Waals surface area contributed by atoms with Gasteiger partial charge in [-0.3, -0.25) is 10.1 Å². The van der Waals surface area contributed by atoms with Crippen molar-refractivity contribution in [3.63, 3.8) is 0 Å². The molecule has 0 spiro atoms. The first kappa shape index (κ1) is 8.99. The lowest BCUT2D eigenvalue weighted by Gasteiger charge is -1.99. The minimum absolute atomic E-state index is 0.121. The van der Waals surface area contributed by atoms with Gasteiger partial charge >= 0.3 is 0 Å². The van der Waals surface area contributed by atoms with Gasteiger partial charge in [0.1, 0.15) is 0 Å². The van der Waals surface area contributed by atoms with Crippen LogP contribution in [0.15, 0.2) is 24.3 Å². The number of halogens is 1. The van der Waals surface area contributed by atoms with Crippen molar-refractivity contribution in [1.82, 2.24) is 0 Å². The van der Waals surface area contributed by atoms with Gasteiger partial charge in [0.15, 0.2) is 5.50 Å². The van der Waals surface area contributed by atoms with Gasteiger partial charge in [-0.25, -0.2) is 4.39 Å². The Bertz CT molecular complexity index is 303. The zero-order valence-corrected chi connectivity index (χ0v) is 6.87. The van der Waals surface area contributed by atoms with Crippen LogP contribution in [-0.2, 0) is 0 Å².